The number of hydrogen-bond acceptors (Lipinski definition) is 5. The molecule has 0 spiro atoms. The molecule has 1 fully saturated rings. The fraction of sp³-hybridized carbons (Fsp3) is 0.478. The number of benzene rings is 2. The van der Waals surface area contributed by atoms with Crippen LogP contribution < -0.4 is 4.74 Å². The molecule has 152 valence electrons. The zero-order valence-electron chi connectivity index (χ0n) is 17.0. The molecule has 1 aliphatic rings. The van der Waals surface area contributed by atoms with E-state index in [1.54, 1.807) is 7.11 Å². The molecule has 1 unspecified atom stereocenters. The van der Waals surface area contributed by atoms with Crippen molar-refractivity contribution in [3.05, 3.63) is 65.2 Å². The molecule has 1 saturated heterocycles. The first-order valence-electron chi connectivity index (χ1n) is 10.0. The second kappa shape index (κ2) is 10.6. The second-order valence-corrected chi connectivity index (χ2v) is 7.48. The standard InChI is InChI=1S/C23H32N2O3/c1-19-7-3-4-8-20(19)15-24-11-13-25(14-12-24)16-22(26)18-28-17-21-9-5-6-10-23(21)27-2/h3-10,22,26H,11-18H2,1-2H3. The van der Waals surface area contributed by atoms with Crippen LogP contribution in [-0.2, 0) is 17.9 Å². The van der Waals surface area contributed by atoms with E-state index >= 15 is 0 Å². The number of piperazine rings is 1. The molecule has 0 amide bonds. The summed E-state index contributed by atoms with van der Waals surface area (Å²) in [6.45, 7) is 8.64. The van der Waals surface area contributed by atoms with Crippen LogP contribution in [0.2, 0.25) is 0 Å². The first-order valence-corrected chi connectivity index (χ1v) is 10.0. The summed E-state index contributed by atoms with van der Waals surface area (Å²) in [5, 5.41) is 10.3. The molecule has 0 aliphatic carbocycles. The molecular weight excluding hydrogens is 352 g/mol. The van der Waals surface area contributed by atoms with Crippen molar-refractivity contribution in [2.75, 3.05) is 46.4 Å². The highest BCUT2D eigenvalue weighted by molar-refractivity contribution is 5.32. The lowest BCUT2D eigenvalue weighted by Gasteiger charge is -2.35. The van der Waals surface area contributed by atoms with Crippen molar-refractivity contribution in [3.63, 3.8) is 0 Å². The highest BCUT2D eigenvalue weighted by Gasteiger charge is 2.19. The van der Waals surface area contributed by atoms with E-state index in [2.05, 4.69) is 41.0 Å². The molecule has 1 atom stereocenters. The number of methoxy groups -OCH3 is 1. The number of aliphatic hydroxyl groups is 1. The Morgan fingerprint density at radius 3 is 2.29 bits per heavy atom. The summed E-state index contributed by atoms with van der Waals surface area (Å²) in [6.07, 6.45) is -0.474. The van der Waals surface area contributed by atoms with Crippen molar-refractivity contribution >= 4 is 0 Å². The van der Waals surface area contributed by atoms with Gasteiger partial charge in [-0.1, -0.05) is 42.5 Å². The van der Waals surface area contributed by atoms with Crippen LogP contribution >= 0.6 is 0 Å². The zero-order chi connectivity index (χ0) is 19.8. The Balaban J connectivity index is 1.35. The van der Waals surface area contributed by atoms with E-state index in [-0.39, 0.29) is 0 Å². The monoisotopic (exact) mass is 384 g/mol. The van der Waals surface area contributed by atoms with Gasteiger partial charge in [0.2, 0.25) is 0 Å². The van der Waals surface area contributed by atoms with Crippen molar-refractivity contribution in [2.24, 2.45) is 0 Å². The van der Waals surface area contributed by atoms with Crippen LogP contribution in [0.3, 0.4) is 0 Å². The number of rotatable bonds is 9. The average Bonchev–Trinajstić information content (AvgIpc) is 2.71. The normalized spacial score (nSPS) is 16.8. The summed E-state index contributed by atoms with van der Waals surface area (Å²) in [4.78, 5) is 4.81. The first-order chi connectivity index (χ1) is 13.7. The van der Waals surface area contributed by atoms with Gasteiger partial charge in [-0.25, -0.2) is 0 Å². The van der Waals surface area contributed by atoms with Crippen LogP contribution in [0, 0.1) is 6.92 Å². The third-order valence-electron chi connectivity index (χ3n) is 5.35. The summed E-state index contributed by atoms with van der Waals surface area (Å²) in [5.41, 5.74) is 3.76. The Labute approximate surface area is 168 Å². The minimum atomic E-state index is -0.474. The third-order valence-corrected chi connectivity index (χ3v) is 5.35. The van der Waals surface area contributed by atoms with E-state index in [9.17, 15) is 5.11 Å². The molecule has 3 rings (SSSR count). The largest absolute Gasteiger partial charge is 0.496 e. The van der Waals surface area contributed by atoms with Crippen molar-refractivity contribution in [1.82, 2.24) is 9.80 Å². The molecule has 0 aromatic heterocycles. The maximum absolute atomic E-state index is 10.3. The van der Waals surface area contributed by atoms with Gasteiger partial charge >= 0.3 is 0 Å². The predicted molar refractivity (Wildman–Crippen MR) is 112 cm³/mol. The topological polar surface area (TPSA) is 45.2 Å². The highest BCUT2D eigenvalue weighted by Crippen LogP contribution is 2.18. The molecule has 5 heteroatoms. The third kappa shape index (κ3) is 6.04. The average molecular weight is 385 g/mol. The summed E-state index contributed by atoms with van der Waals surface area (Å²) in [7, 11) is 1.66. The quantitative estimate of drug-likeness (QED) is 0.720. The van der Waals surface area contributed by atoms with Gasteiger partial charge in [-0.05, 0) is 24.1 Å². The van der Waals surface area contributed by atoms with Crippen LogP contribution in [0.4, 0.5) is 0 Å². The van der Waals surface area contributed by atoms with Crippen LogP contribution in [0.15, 0.2) is 48.5 Å². The van der Waals surface area contributed by atoms with E-state index in [4.69, 9.17) is 9.47 Å². The van der Waals surface area contributed by atoms with Gasteiger partial charge in [-0.15, -0.1) is 0 Å². The lowest BCUT2D eigenvalue weighted by Crippen LogP contribution is -2.48. The first kappa shape index (κ1) is 20.8. The van der Waals surface area contributed by atoms with Crippen LogP contribution in [0.1, 0.15) is 16.7 Å². The van der Waals surface area contributed by atoms with Crippen molar-refractivity contribution in [3.8, 4) is 5.75 Å². The fourth-order valence-corrected chi connectivity index (χ4v) is 3.64. The SMILES string of the molecule is COc1ccccc1COCC(O)CN1CCN(Cc2ccccc2C)CC1. The summed E-state index contributed by atoms with van der Waals surface area (Å²) in [5.74, 6) is 0.821. The van der Waals surface area contributed by atoms with E-state index in [1.165, 1.54) is 11.1 Å². The molecule has 0 saturated carbocycles. The molecule has 2 aromatic carbocycles. The van der Waals surface area contributed by atoms with Crippen LogP contribution in [-0.4, -0.2) is 67.5 Å². The maximum Gasteiger partial charge on any atom is 0.124 e. The Morgan fingerprint density at radius 1 is 0.929 bits per heavy atom. The van der Waals surface area contributed by atoms with Crippen LogP contribution in [0.5, 0.6) is 5.75 Å². The van der Waals surface area contributed by atoms with E-state index < -0.39 is 6.10 Å². The molecular formula is C23H32N2O3. The maximum atomic E-state index is 10.3. The molecule has 28 heavy (non-hydrogen) atoms. The smallest absolute Gasteiger partial charge is 0.124 e. The van der Waals surface area contributed by atoms with Gasteiger partial charge in [0.15, 0.2) is 0 Å². The van der Waals surface area contributed by atoms with Gasteiger partial charge < -0.3 is 14.6 Å². The predicted octanol–water partition coefficient (Wildman–Crippen LogP) is 2.70. The number of aryl methyl sites for hydroxylation is 1. The number of para-hydroxylation sites is 1. The summed E-state index contributed by atoms with van der Waals surface area (Å²) >= 11 is 0. The second-order valence-electron chi connectivity index (χ2n) is 7.48. The summed E-state index contributed by atoms with van der Waals surface area (Å²) in [6, 6.07) is 16.4. The molecule has 2 aromatic rings. The Hall–Kier alpha value is -1.92. The molecule has 5 nitrogen and oxygen atoms in total. The van der Waals surface area contributed by atoms with Gasteiger partial charge in [0, 0.05) is 44.8 Å². The molecule has 0 bridgehead atoms. The number of β-amino-alcohol motifs (C(OH)–C–C–N with tert-alkyl or cyclic N) is 1. The minimum Gasteiger partial charge on any atom is -0.496 e. The summed E-state index contributed by atoms with van der Waals surface area (Å²) < 4.78 is 11.0. The van der Waals surface area contributed by atoms with Crippen molar-refractivity contribution in [1.29, 1.82) is 0 Å². The molecule has 0 radical (unpaired) electrons. The lowest BCUT2D eigenvalue weighted by atomic mass is 10.1. The Bertz CT molecular complexity index is 729. The minimum absolute atomic E-state index is 0.335. The van der Waals surface area contributed by atoms with E-state index in [1.807, 2.05) is 24.3 Å². The zero-order valence-corrected chi connectivity index (χ0v) is 17.0. The van der Waals surface area contributed by atoms with Gasteiger partial charge in [0.25, 0.3) is 0 Å². The molecule has 1 N–H and O–H groups in total. The van der Waals surface area contributed by atoms with Gasteiger partial charge in [-0.3, -0.25) is 9.80 Å². The van der Waals surface area contributed by atoms with Gasteiger partial charge in [0.05, 0.1) is 26.4 Å². The molecule has 1 aliphatic heterocycles. The highest BCUT2D eigenvalue weighted by atomic mass is 16.5. The van der Waals surface area contributed by atoms with Crippen LogP contribution in [0.25, 0.3) is 0 Å². The number of ether oxygens (including phenoxy) is 2. The van der Waals surface area contributed by atoms with Crippen molar-refractivity contribution in [2.45, 2.75) is 26.2 Å². The number of aliphatic hydroxyl groups excluding tert-OH is 1. The van der Waals surface area contributed by atoms with Gasteiger partial charge in [0.1, 0.15) is 5.75 Å². The number of hydrogen-bond donors (Lipinski definition) is 1. The Morgan fingerprint density at radius 2 is 1.57 bits per heavy atom. The van der Waals surface area contributed by atoms with E-state index in [0.717, 1.165) is 44.0 Å². The molecule has 1 heterocycles. The van der Waals surface area contributed by atoms with Gasteiger partial charge in [-0.2, -0.15) is 0 Å². The number of nitrogens with zero attached hydrogens (tertiary/aromatic N) is 2. The fourth-order valence-electron chi connectivity index (χ4n) is 3.64. The Kier molecular flexibility index (Phi) is 7.86. The lowest BCUT2D eigenvalue weighted by molar-refractivity contribution is 0.000475. The van der Waals surface area contributed by atoms with E-state index in [0.29, 0.717) is 19.8 Å². The van der Waals surface area contributed by atoms with Crippen molar-refractivity contribution < 1.29 is 14.6 Å².